The molecule has 5 heteroatoms. The molecule has 0 aromatic rings. The molecule has 2 unspecified atom stereocenters. The minimum Gasteiger partial charge on any atom is -0.347 e. The molecular weight excluding hydrogens is 343 g/mol. The Morgan fingerprint density at radius 1 is 0.852 bits per heavy atom. The number of allylic oxidation sites excluding steroid dienone is 2. The second kappa shape index (κ2) is 13.5. The van der Waals surface area contributed by atoms with E-state index in [1.807, 2.05) is 13.0 Å². The molecule has 1 rings (SSSR count). The first-order chi connectivity index (χ1) is 13.0. The van der Waals surface area contributed by atoms with E-state index in [4.69, 9.17) is 0 Å². The number of carbonyl (C=O) groups is 2. The first-order valence-corrected chi connectivity index (χ1v) is 10.6. The van der Waals surface area contributed by atoms with Crippen LogP contribution in [0.25, 0.3) is 0 Å². The summed E-state index contributed by atoms with van der Waals surface area (Å²) in [5.41, 5.74) is 0.710. The average molecular weight is 381 g/mol. The quantitative estimate of drug-likeness (QED) is 0.325. The maximum absolute atomic E-state index is 13.8. The van der Waals surface area contributed by atoms with Crippen molar-refractivity contribution in [3.05, 3.63) is 23.6 Å². The van der Waals surface area contributed by atoms with Gasteiger partial charge >= 0.3 is 0 Å². The lowest BCUT2D eigenvalue weighted by atomic mass is 10.1. The molecule has 2 N–H and O–H groups in total. The SMILES string of the molecule is CCCCCCC=C(C)C(=O)NC1CC1NC(=O)C(F)=CCCCCCC. The Bertz CT molecular complexity index is 482. The third-order valence-electron chi connectivity index (χ3n) is 4.89. The fourth-order valence-corrected chi connectivity index (χ4v) is 2.91. The van der Waals surface area contributed by atoms with Crippen molar-refractivity contribution in [1.82, 2.24) is 10.6 Å². The fourth-order valence-electron chi connectivity index (χ4n) is 2.91. The van der Waals surface area contributed by atoms with E-state index in [9.17, 15) is 14.0 Å². The van der Waals surface area contributed by atoms with Crippen LogP contribution in [0.5, 0.6) is 0 Å². The van der Waals surface area contributed by atoms with Crippen LogP contribution in [0.2, 0.25) is 0 Å². The van der Waals surface area contributed by atoms with Crippen molar-refractivity contribution in [3.8, 4) is 0 Å². The number of nitrogens with one attached hydrogen (secondary N) is 2. The van der Waals surface area contributed by atoms with Gasteiger partial charge in [0.25, 0.3) is 5.91 Å². The molecule has 1 aliphatic rings. The summed E-state index contributed by atoms with van der Waals surface area (Å²) >= 11 is 0. The standard InChI is InChI=1S/C22H37FN2O2/c1-4-6-8-10-12-14-17(3)21(26)24-19-16-20(19)25-22(27)18(23)15-13-11-9-7-5-2/h14-15,19-20H,4-13,16H2,1-3H3,(H,24,26)(H,25,27). The molecule has 0 aromatic carbocycles. The highest BCUT2D eigenvalue weighted by atomic mass is 19.1. The number of halogens is 1. The van der Waals surface area contributed by atoms with E-state index in [-0.39, 0.29) is 18.0 Å². The normalized spacial score (nSPS) is 19.7. The molecule has 154 valence electrons. The van der Waals surface area contributed by atoms with Gasteiger partial charge in [-0.3, -0.25) is 9.59 Å². The Hall–Kier alpha value is -1.65. The summed E-state index contributed by atoms with van der Waals surface area (Å²) in [6.07, 6.45) is 14.5. The monoisotopic (exact) mass is 380 g/mol. The predicted octanol–water partition coefficient (Wildman–Crippen LogP) is 5.10. The number of rotatable bonds is 14. The molecule has 1 fully saturated rings. The molecule has 27 heavy (non-hydrogen) atoms. The second-order valence-corrected chi connectivity index (χ2v) is 7.53. The Morgan fingerprint density at radius 2 is 1.37 bits per heavy atom. The average Bonchev–Trinajstić information content (AvgIpc) is 3.37. The van der Waals surface area contributed by atoms with Crippen molar-refractivity contribution in [3.63, 3.8) is 0 Å². The van der Waals surface area contributed by atoms with Crippen molar-refractivity contribution in [2.75, 3.05) is 0 Å². The highest BCUT2D eigenvalue weighted by Gasteiger charge is 2.40. The van der Waals surface area contributed by atoms with E-state index in [0.29, 0.717) is 18.4 Å². The van der Waals surface area contributed by atoms with Crippen LogP contribution < -0.4 is 10.6 Å². The van der Waals surface area contributed by atoms with Crippen LogP contribution in [-0.4, -0.2) is 23.9 Å². The topological polar surface area (TPSA) is 58.2 Å². The van der Waals surface area contributed by atoms with E-state index in [2.05, 4.69) is 24.5 Å². The van der Waals surface area contributed by atoms with Gasteiger partial charge in [0.1, 0.15) is 0 Å². The lowest BCUT2D eigenvalue weighted by molar-refractivity contribution is -0.120. The highest BCUT2D eigenvalue weighted by Crippen LogP contribution is 2.22. The predicted molar refractivity (Wildman–Crippen MR) is 109 cm³/mol. The minimum absolute atomic E-state index is 0.0951. The maximum Gasteiger partial charge on any atom is 0.279 e. The molecule has 4 nitrogen and oxygen atoms in total. The van der Waals surface area contributed by atoms with Gasteiger partial charge in [0.15, 0.2) is 5.83 Å². The molecule has 0 spiro atoms. The summed E-state index contributed by atoms with van der Waals surface area (Å²) in [6, 6.07) is -0.264. The highest BCUT2D eigenvalue weighted by molar-refractivity contribution is 5.94. The first-order valence-electron chi connectivity index (χ1n) is 10.6. The van der Waals surface area contributed by atoms with Crippen LogP contribution in [0.1, 0.15) is 91.4 Å². The molecule has 0 aromatic heterocycles. The fraction of sp³-hybridized carbons (Fsp3) is 0.727. The number of hydrogen-bond donors (Lipinski definition) is 2. The third kappa shape index (κ3) is 10.3. The van der Waals surface area contributed by atoms with Gasteiger partial charge in [-0.05, 0) is 45.1 Å². The van der Waals surface area contributed by atoms with Gasteiger partial charge in [0.05, 0.1) is 12.1 Å². The molecule has 2 atom stereocenters. The largest absolute Gasteiger partial charge is 0.347 e. The van der Waals surface area contributed by atoms with E-state index in [0.717, 1.165) is 38.5 Å². The van der Waals surface area contributed by atoms with Crippen molar-refractivity contribution < 1.29 is 14.0 Å². The van der Waals surface area contributed by atoms with Gasteiger partial charge in [0.2, 0.25) is 5.91 Å². The molecule has 0 radical (unpaired) electrons. The Balaban J connectivity index is 2.24. The molecule has 0 heterocycles. The molecule has 0 bridgehead atoms. The number of amides is 2. The van der Waals surface area contributed by atoms with Gasteiger partial charge in [0, 0.05) is 5.57 Å². The second-order valence-electron chi connectivity index (χ2n) is 7.53. The van der Waals surface area contributed by atoms with Gasteiger partial charge in [-0.2, -0.15) is 0 Å². The zero-order valence-electron chi connectivity index (χ0n) is 17.3. The number of carbonyl (C=O) groups excluding carboxylic acids is 2. The number of unbranched alkanes of at least 4 members (excludes halogenated alkanes) is 8. The Kier molecular flexibility index (Phi) is 11.7. The van der Waals surface area contributed by atoms with Crippen molar-refractivity contribution >= 4 is 11.8 Å². The van der Waals surface area contributed by atoms with E-state index < -0.39 is 11.7 Å². The minimum atomic E-state index is -0.716. The van der Waals surface area contributed by atoms with Crippen LogP contribution >= 0.6 is 0 Å². The van der Waals surface area contributed by atoms with Gasteiger partial charge < -0.3 is 10.6 Å². The van der Waals surface area contributed by atoms with Gasteiger partial charge in [-0.15, -0.1) is 0 Å². The van der Waals surface area contributed by atoms with Crippen LogP contribution in [0.3, 0.4) is 0 Å². The lowest BCUT2D eigenvalue weighted by Crippen LogP contribution is -2.35. The summed E-state index contributed by atoms with van der Waals surface area (Å²) in [6.45, 7) is 6.11. The van der Waals surface area contributed by atoms with E-state index >= 15 is 0 Å². The van der Waals surface area contributed by atoms with Crippen LogP contribution in [0.15, 0.2) is 23.6 Å². The van der Waals surface area contributed by atoms with E-state index in [1.54, 1.807) is 0 Å². The molecule has 1 aliphatic carbocycles. The van der Waals surface area contributed by atoms with Crippen LogP contribution in [0, 0.1) is 0 Å². The van der Waals surface area contributed by atoms with Crippen LogP contribution in [-0.2, 0) is 9.59 Å². The summed E-state index contributed by atoms with van der Waals surface area (Å²) < 4.78 is 13.8. The zero-order valence-corrected chi connectivity index (χ0v) is 17.3. The summed E-state index contributed by atoms with van der Waals surface area (Å²) in [7, 11) is 0. The van der Waals surface area contributed by atoms with Crippen molar-refractivity contribution in [2.24, 2.45) is 0 Å². The first kappa shape index (κ1) is 23.4. The smallest absolute Gasteiger partial charge is 0.279 e. The Morgan fingerprint density at radius 3 is 1.93 bits per heavy atom. The van der Waals surface area contributed by atoms with Gasteiger partial charge in [-0.1, -0.05) is 58.4 Å². The molecule has 2 amide bonds. The summed E-state index contributed by atoms with van der Waals surface area (Å²) in [4.78, 5) is 24.0. The van der Waals surface area contributed by atoms with Crippen molar-refractivity contribution in [1.29, 1.82) is 0 Å². The Labute approximate surface area is 164 Å². The van der Waals surface area contributed by atoms with Crippen molar-refractivity contribution in [2.45, 2.75) is 103 Å². The zero-order chi connectivity index (χ0) is 20.1. The molecule has 0 saturated heterocycles. The summed E-state index contributed by atoms with van der Waals surface area (Å²) in [5.74, 6) is -1.48. The van der Waals surface area contributed by atoms with Gasteiger partial charge in [-0.25, -0.2) is 4.39 Å². The molecule has 0 aliphatic heterocycles. The molecule has 1 saturated carbocycles. The van der Waals surface area contributed by atoms with E-state index in [1.165, 1.54) is 25.3 Å². The van der Waals surface area contributed by atoms with Crippen LogP contribution in [0.4, 0.5) is 4.39 Å². The third-order valence-corrected chi connectivity index (χ3v) is 4.89. The molecular formula is C22H37FN2O2. The summed E-state index contributed by atoms with van der Waals surface area (Å²) in [5, 5.41) is 5.55. The number of hydrogen-bond acceptors (Lipinski definition) is 2. The maximum atomic E-state index is 13.8. The lowest BCUT2D eigenvalue weighted by Gasteiger charge is -2.06.